The van der Waals surface area contributed by atoms with E-state index in [9.17, 15) is 0 Å². The van der Waals surface area contributed by atoms with Crippen LogP contribution in [0.5, 0.6) is 0 Å². The summed E-state index contributed by atoms with van der Waals surface area (Å²) in [7, 11) is 0. The number of thiol groups is 1. The van der Waals surface area contributed by atoms with Gasteiger partial charge in [-0.05, 0) is 35.6 Å². The summed E-state index contributed by atoms with van der Waals surface area (Å²) in [6, 6.07) is 7.74. The summed E-state index contributed by atoms with van der Waals surface area (Å²) in [6.07, 6.45) is 0. The number of benzene rings is 1. The van der Waals surface area contributed by atoms with Crippen LogP contribution in [0.25, 0.3) is 5.57 Å². The summed E-state index contributed by atoms with van der Waals surface area (Å²) in [5, 5.41) is 1.78. The fraction of sp³-hybridized carbons (Fsp3) is 0.111. The Bertz CT molecular complexity index is 261. The second kappa shape index (κ2) is 3.49. The molecule has 58 valence electrons. The maximum Gasteiger partial charge on any atom is 0.0314 e. The molecule has 0 saturated carbocycles. The number of hydrogen-bond acceptors (Lipinski definition) is 2. The molecule has 0 radical (unpaired) electrons. The molecule has 0 heterocycles. The van der Waals surface area contributed by atoms with E-state index in [2.05, 4.69) is 12.6 Å². The van der Waals surface area contributed by atoms with E-state index in [1.807, 2.05) is 31.2 Å². The van der Waals surface area contributed by atoms with Crippen LogP contribution in [0, 0.1) is 0 Å². The minimum atomic E-state index is 0.792. The van der Waals surface area contributed by atoms with Gasteiger partial charge in [-0.2, -0.15) is 12.6 Å². The molecule has 1 rings (SSSR count). The third-order valence-electron chi connectivity index (χ3n) is 1.56. The molecule has 0 atom stereocenters. The van der Waals surface area contributed by atoms with E-state index in [1.165, 1.54) is 0 Å². The lowest BCUT2D eigenvalue weighted by Crippen LogP contribution is -1.84. The lowest BCUT2D eigenvalue weighted by atomic mass is 10.1. The van der Waals surface area contributed by atoms with Crippen LogP contribution in [0.1, 0.15) is 12.5 Å². The number of hydrogen-bond donors (Lipinski definition) is 2. The summed E-state index contributed by atoms with van der Waals surface area (Å²) in [5.41, 5.74) is 8.63. The van der Waals surface area contributed by atoms with E-state index in [-0.39, 0.29) is 0 Å². The molecule has 0 unspecified atom stereocenters. The highest BCUT2D eigenvalue weighted by atomic mass is 32.1. The van der Waals surface area contributed by atoms with Crippen molar-refractivity contribution in [3.8, 4) is 0 Å². The first-order valence-electron chi connectivity index (χ1n) is 3.41. The van der Waals surface area contributed by atoms with Gasteiger partial charge in [0, 0.05) is 5.69 Å². The van der Waals surface area contributed by atoms with Crippen LogP contribution in [0.3, 0.4) is 0 Å². The Kier molecular flexibility index (Phi) is 2.60. The van der Waals surface area contributed by atoms with Crippen molar-refractivity contribution in [2.24, 2.45) is 0 Å². The average Bonchev–Trinajstić information content (AvgIpc) is 2.05. The van der Waals surface area contributed by atoms with Gasteiger partial charge in [-0.15, -0.1) is 0 Å². The molecule has 1 nitrogen and oxygen atoms in total. The molecule has 2 N–H and O–H groups in total. The monoisotopic (exact) mass is 165 g/mol. The zero-order valence-electron chi connectivity index (χ0n) is 6.41. The molecule has 0 bridgehead atoms. The van der Waals surface area contributed by atoms with Gasteiger partial charge in [0.15, 0.2) is 0 Å². The van der Waals surface area contributed by atoms with Crippen molar-refractivity contribution >= 4 is 23.9 Å². The van der Waals surface area contributed by atoms with Crippen molar-refractivity contribution < 1.29 is 0 Å². The smallest absolute Gasteiger partial charge is 0.0314 e. The highest BCUT2D eigenvalue weighted by molar-refractivity contribution is 7.83. The highest BCUT2D eigenvalue weighted by Crippen LogP contribution is 2.15. The minimum Gasteiger partial charge on any atom is -0.399 e. The maximum absolute atomic E-state index is 5.53. The van der Waals surface area contributed by atoms with Crippen molar-refractivity contribution in [1.29, 1.82) is 0 Å². The molecule has 0 amide bonds. The van der Waals surface area contributed by atoms with Crippen molar-refractivity contribution in [3.63, 3.8) is 0 Å². The number of allylic oxidation sites excluding steroid dienone is 1. The van der Waals surface area contributed by atoms with Gasteiger partial charge in [-0.3, -0.25) is 0 Å². The maximum atomic E-state index is 5.53. The number of anilines is 1. The van der Waals surface area contributed by atoms with E-state index in [1.54, 1.807) is 5.41 Å². The molecule has 1 aromatic rings. The van der Waals surface area contributed by atoms with E-state index in [0.29, 0.717) is 0 Å². The third-order valence-corrected chi connectivity index (χ3v) is 1.95. The number of rotatable bonds is 1. The van der Waals surface area contributed by atoms with E-state index < -0.39 is 0 Å². The van der Waals surface area contributed by atoms with Crippen LogP contribution in [-0.4, -0.2) is 0 Å². The fourth-order valence-corrected chi connectivity index (χ4v) is 0.970. The van der Waals surface area contributed by atoms with Crippen LogP contribution in [0.2, 0.25) is 0 Å². The molecular formula is C9H11NS. The van der Waals surface area contributed by atoms with E-state index in [4.69, 9.17) is 5.73 Å². The van der Waals surface area contributed by atoms with Crippen molar-refractivity contribution in [2.45, 2.75) is 6.92 Å². The van der Waals surface area contributed by atoms with Crippen LogP contribution >= 0.6 is 12.6 Å². The van der Waals surface area contributed by atoms with Crippen LogP contribution in [0.15, 0.2) is 29.7 Å². The average molecular weight is 165 g/mol. The number of nitrogen functional groups attached to an aromatic ring is 1. The standard InChI is InChI=1S/C9H11NS/c1-7(6-11)8-2-4-9(10)5-3-8/h2-6,11H,10H2,1H3/b7-6+. The molecule has 0 spiro atoms. The lowest BCUT2D eigenvalue weighted by molar-refractivity contribution is 1.57. The first kappa shape index (κ1) is 8.21. The topological polar surface area (TPSA) is 26.0 Å². The Morgan fingerprint density at radius 1 is 1.36 bits per heavy atom. The summed E-state index contributed by atoms with van der Waals surface area (Å²) in [4.78, 5) is 0. The predicted molar refractivity (Wildman–Crippen MR) is 53.5 cm³/mol. The molecule has 1 aromatic carbocycles. The van der Waals surface area contributed by atoms with Gasteiger partial charge in [-0.1, -0.05) is 12.1 Å². The molecule has 0 fully saturated rings. The van der Waals surface area contributed by atoms with Gasteiger partial charge < -0.3 is 5.73 Å². The summed E-state index contributed by atoms with van der Waals surface area (Å²) in [6.45, 7) is 2.01. The molecule has 0 aliphatic carbocycles. The normalized spacial score (nSPS) is 11.6. The molecule has 0 aromatic heterocycles. The molecular weight excluding hydrogens is 154 g/mol. The second-order valence-corrected chi connectivity index (χ2v) is 2.69. The van der Waals surface area contributed by atoms with E-state index >= 15 is 0 Å². The first-order chi connectivity index (χ1) is 5.24. The Hall–Kier alpha value is -0.890. The fourth-order valence-electron chi connectivity index (χ4n) is 0.821. The van der Waals surface area contributed by atoms with Gasteiger partial charge in [-0.25, -0.2) is 0 Å². The van der Waals surface area contributed by atoms with Gasteiger partial charge in [0.25, 0.3) is 0 Å². The Morgan fingerprint density at radius 2 is 1.91 bits per heavy atom. The van der Waals surface area contributed by atoms with Crippen molar-refractivity contribution in [3.05, 3.63) is 35.2 Å². The lowest BCUT2D eigenvalue weighted by Gasteiger charge is -1.99. The van der Waals surface area contributed by atoms with Gasteiger partial charge in [0.05, 0.1) is 0 Å². The Balaban J connectivity index is 2.99. The SMILES string of the molecule is C/C(=C\S)c1ccc(N)cc1. The first-order valence-corrected chi connectivity index (χ1v) is 3.92. The largest absolute Gasteiger partial charge is 0.399 e. The molecule has 11 heavy (non-hydrogen) atoms. The van der Waals surface area contributed by atoms with Crippen LogP contribution in [-0.2, 0) is 0 Å². The minimum absolute atomic E-state index is 0.792. The van der Waals surface area contributed by atoms with Crippen LogP contribution < -0.4 is 5.73 Å². The zero-order chi connectivity index (χ0) is 8.27. The van der Waals surface area contributed by atoms with Crippen molar-refractivity contribution in [2.75, 3.05) is 5.73 Å². The van der Waals surface area contributed by atoms with Gasteiger partial charge in [0.2, 0.25) is 0 Å². The molecule has 0 aliphatic rings. The van der Waals surface area contributed by atoms with Crippen molar-refractivity contribution in [1.82, 2.24) is 0 Å². The number of nitrogens with two attached hydrogens (primary N) is 1. The highest BCUT2D eigenvalue weighted by Gasteiger charge is 1.92. The Morgan fingerprint density at radius 3 is 2.36 bits per heavy atom. The second-order valence-electron chi connectivity index (χ2n) is 2.43. The summed E-state index contributed by atoms with van der Waals surface area (Å²) < 4.78 is 0. The predicted octanol–water partition coefficient (Wildman–Crippen LogP) is 2.56. The third kappa shape index (κ3) is 2.02. The summed E-state index contributed by atoms with van der Waals surface area (Å²) >= 11 is 4.06. The van der Waals surface area contributed by atoms with E-state index in [0.717, 1.165) is 16.8 Å². The molecule has 0 aliphatic heterocycles. The molecule has 0 saturated heterocycles. The Labute approximate surface area is 72.3 Å². The molecule has 2 heteroatoms. The summed E-state index contributed by atoms with van der Waals surface area (Å²) in [5.74, 6) is 0. The van der Waals surface area contributed by atoms with Gasteiger partial charge in [0.1, 0.15) is 0 Å². The zero-order valence-corrected chi connectivity index (χ0v) is 7.31. The van der Waals surface area contributed by atoms with Crippen LogP contribution in [0.4, 0.5) is 5.69 Å². The van der Waals surface area contributed by atoms with Gasteiger partial charge >= 0.3 is 0 Å². The quantitative estimate of drug-likeness (QED) is 0.485.